The van der Waals surface area contributed by atoms with Crippen LogP contribution in [0.15, 0.2) is 67.2 Å². The Morgan fingerprint density at radius 3 is 2.24 bits per heavy atom. The van der Waals surface area contributed by atoms with Crippen LogP contribution in [0.5, 0.6) is 0 Å². The van der Waals surface area contributed by atoms with E-state index in [0.29, 0.717) is 6.54 Å². The third-order valence-electron chi connectivity index (χ3n) is 6.19. The standard InChI is InChI=1S/C15H21N2.C9H10N2.C7H14.C3H8.C2H6.Md/c1-3-5-7-14(8-6-4-2)15-9-13(10-16)11-17-12-15;1-2-8-4-3-5-9-6-7-10-11(8)9;1-7-5-3-2-4-6-7;1-3-2;1-2;/h5-9,11-12H,3-4,10,16H2,1-2H3;3-7H,2H2,1H3;7H,2-6H2,1H3;3H2,1-2H3;1-2H3;/q-1;;;;;/b7-5-,14-8+;;;;;. The second kappa shape index (κ2) is 26.4. The molecule has 0 amide bonds. The van der Waals surface area contributed by atoms with Crippen LogP contribution in [0.3, 0.4) is 0 Å². The second-order valence-corrected chi connectivity index (χ2v) is 9.85. The Hall–Kier alpha value is -3.85. The molecule has 2 N–H and O–H groups in total. The zero-order valence-electron chi connectivity index (χ0n) is 27.3. The fourth-order valence-electron chi connectivity index (χ4n) is 4.08. The number of hydrogen-bond donors (Lipinski definition) is 1. The van der Waals surface area contributed by atoms with Gasteiger partial charge in [-0.15, -0.1) is 18.6 Å². The summed E-state index contributed by atoms with van der Waals surface area (Å²) in [7, 11) is 0. The van der Waals surface area contributed by atoms with Crippen molar-refractivity contribution in [2.45, 2.75) is 120 Å². The van der Waals surface area contributed by atoms with E-state index >= 15 is 0 Å². The Bertz CT molecular complexity index is 1050. The Morgan fingerprint density at radius 2 is 1.71 bits per heavy atom. The summed E-state index contributed by atoms with van der Waals surface area (Å²) in [5.41, 5.74) is 11.4. The van der Waals surface area contributed by atoms with E-state index in [1.165, 1.54) is 55.3 Å². The molecule has 1 aliphatic carbocycles. The molecular weight excluding hydrogens is 746 g/mol. The maximum Gasteiger partial charge on any atom is 0.0664 e. The summed E-state index contributed by atoms with van der Waals surface area (Å²) in [5, 5.41) is 4.21. The van der Waals surface area contributed by atoms with Gasteiger partial charge in [-0.3, -0.25) is 4.98 Å². The third kappa shape index (κ3) is 16.8. The van der Waals surface area contributed by atoms with Gasteiger partial charge in [0.2, 0.25) is 0 Å². The third-order valence-corrected chi connectivity index (χ3v) is 6.19. The minimum Gasteiger partial charge on any atom is -0.326 e. The van der Waals surface area contributed by atoms with Crippen molar-refractivity contribution < 1.29 is 0 Å². The smallest absolute Gasteiger partial charge is 0.0664 e. The summed E-state index contributed by atoms with van der Waals surface area (Å²) in [4.78, 5) is 4.22. The van der Waals surface area contributed by atoms with E-state index in [-0.39, 0.29) is 0 Å². The summed E-state index contributed by atoms with van der Waals surface area (Å²) in [6.07, 6.45) is 25.9. The van der Waals surface area contributed by atoms with Crippen molar-refractivity contribution in [3.63, 3.8) is 0 Å². The van der Waals surface area contributed by atoms with Gasteiger partial charge in [-0.1, -0.05) is 112 Å². The van der Waals surface area contributed by atoms with Crippen LogP contribution in [0.25, 0.3) is 11.1 Å². The van der Waals surface area contributed by atoms with Crippen molar-refractivity contribution in [1.82, 2.24) is 14.6 Å². The molecule has 237 valence electrons. The number of rotatable bonds is 7. The number of aromatic nitrogens is 3. The first-order valence-electron chi connectivity index (χ1n) is 15.8. The first-order chi connectivity index (χ1) is 19.5. The molecule has 4 rings (SSSR count). The molecule has 3 aromatic rings. The van der Waals surface area contributed by atoms with Crippen LogP contribution in [-0.4, -0.2) is 14.6 Å². The number of unbranched alkanes of at least 4 members (excludes halogenated alkanes) is 1. The molecule has 5 heteroatoms. The molecule has 1 saturated carbocycles. The Balaban J connectivity index is 0. The van der Waals surface area contributed by atoms with Crippen LogP contribution in [0.1, 0.15) is 124 Å². The molecule has 1 aliphatic rings. The number of allylic oxidation sites excluding steroid dienone is 4. The predicted molar refractivity (Wildman–Crippen MR) is 178 cm³/mol. The molecule has 41 heavy (non-hydrogen) atoms. The number of fused-ring (bicyclic) bond motifs is 1. The van der Waals surface area contributed by atoms with Gasteiger partial charge in [0.25, 0.3) is 0 Å². The molecule has 0 saturated heterocycles. The number of pyridine rings is 2. The van der Waals surface area contributed by atoms with E-state index < -0.39 is 0 Å². The van der Waals surface area contributed by atoms with Gasteiger partial charge in [0, 0.05) is 30.8 Å². The zero-order chi connectivity index (χ0) is 30.0. The fourth-order valence-corrected chi connectivity index (χ4v) is 4.08. The fraction of sp³-hybridized carbons (Fsp3) is 0.528. The monoisotopic (exact) mass is 806 g/mol. The largest absolute Gasteiger partial charge is 0.326 e. The minimum absolute atomic E-state index is 0. The number of aryl methyl sites for hydroxylation is 1. The number of nitrogens with zero attached hydrogens (tertiary/aromatic N) is 3. The SMILES string of the molecule is CC.CC/C=C\C(=C/[CH-]CC)c1cncc(CN)c1.CC1CCCCC1.CCC.CCc1cccc2ccnn12.[Md]. The quantitative estimate of drug-likeness (QED) is 0.191. The molecule has 0 spiro atoms. The van der Waals surface area contributed by atoms with Crippen LogP contribution in [-0.2, 0) is 13.0 Å². The van der Waals surface area contributed by atoms with Crippen LogP contribution in [0.4, 0.5) is 0 Å². The normalized spacial score (nSPS) is 12.8. The first kappa shape index (κ1) is 39.3. The van der Waals surface area contributed by atoms with E-state index in [4.69, 9.17) is 5.73 Å². The zero-order valence-corrected chi connectivity index (χ0v) is 29.6. The van der Waals surface area contributed by atoms with E-state index in [9.17, 15) is 0 Å². The Morgan fingerprint density at radius 1 is 1.02 bits per heavy atom. The van der Waals surface area contributed by atoms with Gasteiger partial charge in [-0.25, -0.2) is 17.0 Å². The summed E-state index contributed by atoms with van der Waals surface area (Å²) in [5.74, 6) is 1.04. The summed E-state index contributed by atoms with van der Waals surface area (Å²) < 4.78 is 1.97. The van der Waals surface area contributed by atoms with Crippen molar-refractivity contribution in [1.29, 1.82) is 0 Å². The molecule has 0 atom stereocenters. The van der Waals surface area contributed by atoms with E-state index in [1.54, 1.807) is 0 Å². The van der Waals surface area contributed by atoms with Crippen LogP contribution in [0.2, 0.25) is 0 Å². The Kier molecular flexibility index (Phi) is 25.3. The number of nitrogens with two attached hydrogens (primary N) is 1. The molecule has 0 aromatic carbocycles. The van der Waals surface area contributed by atoms with E-state index in [1.807, 2.05) is 43.0 Å². The average Bonchev–Trinajstić information content (AvgIpc) is 3.49. The second-order valence-electron chi connectivity index (χ2n) is 9.85. The van der Waals surface area contributed by atoms with Crippen molar-refractivity contribution in [3.8, 4) is 0 Å². The van der Waals surface area contributed by atoms with Crippen molar-refractivity contribution in [3.05, 3.63) is 90.4 Å². The summed E-state index contributed by atoms with van der Waals surface area (Å²) >= 11 is 0. The first-order valence-corrected chi connectivity index (χ1v) is 15.8. The molecule has 0 aliphatic heterocycles. The van der Waals surface area contributed by atoms with E-state index in [2.05, 4.69) is 101 Å². The van der Waals surface area contributed by atoms with Gasteiger partial charge in [0.15, 0.2) is 0 Å². The molecule has 0 unspecified atom stereocenters. The molecule has 3 heterocycles. The molecule has 1 fully saturated rings. The number of hydrogen-bond acceptors (Lipinski definition) is 3. The van der Waals surface area contributed by atoms with Gasteiger partial charge >= 0.3 is 0 Å². The minimum atomic E-state index is 0. The molecule has 0 bridgehead atoms. The van der Waals surface area contributed by atoms with Crippen LogP contribution in [0, 0.1) is 12.3 Å². The van der Waals surface area contributed by atoms with Gasteiger partial charge in [0.05, 0.1) is 5.52 Å². The van der Waals surface area contributed by atoms with Gasteiger partial charge in [-0.2, -0.15) is 10.7 Å². The maximum absolute atomic E-state index is 5.63. The topological polar surface area (TPSA) is 56.2 Å². The average molecular weight is 806 g/mol. The summed E-state index contributed by atoms with van der Waals surface area (Å²) in [6, 6.07) is 10.3. The molecule has 3 aromatic heterocycles. The van der Waals surface area contributed by atoms with E-state index in [0.717, 1.165) is 36.3 Å². The van der Waals surface area contributed by atoms with Crippen molar-refractivity contribution in [2.24, 2.45) is 11.7 Å². The molecule has 1 radical (unpaired) electrons. The van der Waals surface area contributed by atoms with Gasteiger partial charge in [0.1, 0.15) is 0 Å². The van der Waals surface area contributed by atoms with Crippen LogP contribution < -0.4 is 5.73 Å². The van der Waals surface area contributed by atoms with Gasteiger partial charge in [-0.05, 0) is 42.5 Å². The van der Waals surface area contributed by atoms with Crippen molar-refractivity contribution in [2.75, 3.05) is 0 Å². The van der Waals surface area contributed by atoms with Gasteiger partial charge < -0.3 is 5.73 Å². The Labute approximate surface area is 247 Å². The molecular formula is C36H59MdN4-. The van der Waals surface area contributed by atoms with Crippen LogP contribution >= 0.6 is 0 Å². The predicted octanol–water partition coefficient (Wildman–Crippen LogP) is 10.4. The molecule has 4 nitrogen and oxygen atoms in total. The maximum atomic E-state index is 5.63. The summed E-state index contributed by atoms with van der Waals surface area (Å²) in [6.45, 7) is 17.5. The van der Waals surface area contributed by atoms with Crippen molar-refractivity contribution >= 4 is 11.1 Å².